The Kier molecular flexibility index (Phi) is 10.4. The van der Waals surface area contributed by atoms with Crippen LogP contribution >= 0.6 is 0 Å². The van der Waals surface area contributed by atoms with Crippen LogP contribution in [0.3, 0.4) is 0 Å². The number of hydrogen-bond acceptors (Lipinski definition) is 7. The third kappa shape index (κ3) is 7.14. The van der Waals surface area contributed by atoms with Crippen LogP contribution < -0.4 is 0 Å². The van der Waals surface area contributed by atoms with Crippen LogP contribution in [0.15, 0.2) is 65.7 Å². The summed E-state index contributed by atoms with van der Waals surface area (Å²) in [5.74, 6) is -2.44. The molecule has 2 amide bonds. The third-order valence-electron chi connectivity index (χ3n) is 9.04. The molecule has 2 fully saturated rings. The molecular weight excluding hydrogens is 561 g/mol. The lowest BCUT2D eigenvalue weighted by Gasteiger charge is -2.43. The van der Waals surface area contributed by atoms with Crippen LogP contribution in [0.5, 0.6) is 5.75 Å². The van der Waals surface area contributed by atoms with Crippen LogP contribution in [0.25, 0.3) is 11.6 Å². The zero-order chi connectivity index (χ0) is 31.2. The van der Waals surface area contributed by atoms with Crippen LogP contribution in [0.2, 0.25) is 6.32 Å². The first-order chi connectivity index (χ1) is 21.3. The van der Waals surface area contributed by atoms with Gasteiger partial charge in [-0.05, 0) is 84.3 Å². The molecule has 3 N–H and O–H groups in total. The first kappa shape index (κ1) is 31.7. The van der Waals surface area contributed by atoms with E-state index in [0.717, 1.165) is 27.8 Å². The van der Waals surface area contributed by atoms with E-state index in [9.17, 15) is 24.5 Å². The molecule has 4 atom stereocenters. The number of unbranched alkanes of at least 4 members (excludes halogenated alkanes) is 2. The van der Waals surface area contributed by atoms with Gasteiger partial charge in [-0.1, -0.05) is 55.0 Å². The molecule has 5 rings (SSSR count). The maximum absolute atomic E-state index is 13.7. The van der Waals surface area contributed by atoms with Gasteiger partial charge in [-0.15, -0.1) is 0 Å². The van der Waals surface area contributed by atoms with Crippen molar-refractivity contribution in [2.45, 2.75) is 57.4 Å². The van der Waals surface area contributed by atoms with E-state index in [0.29, 0.717) is 45.1 Å². The third-order valence-corrected chi connectivity index (χ3v) is 9.04. The van der Waals surface area contributed by atoms with Gasteiger partial charge in [-0.3, -0.25) is 19.3 Å². The number of allylic oxidation sites excluding steroid dienone is 1. The Bertz CT molecular complexity index is 1410. The number of fused-ring (bicyclic) bond motifs is 3. The molecule has 2 aromatic carbocycles. The summed E-state index contributed by atoms with van der Waals surface area (Å²) in [7, 11) is 0.548. The topological polar surface area (TPSA) is 134 Å². The molecule has 3 aliphatic rings. The summed E-state index contributed by atoms with van der Waals surface area (Å²) < 4.78 is 11.7. The predicted octanol–water partition coefficient (Wildman–Crippen LogP) is 4.80. The number of nitrogens with zero attached hydrogens (tertiary/aromatic N) is 1. The fourth-order valence-corrected chi connectivity index (χ4v) is 7.09. The average molecular weight is 602 g/mol. The number of amides is 2. The summed E-state index contributed by atoms with van der Waals surface area (Å²) in [6, 6.07) is 17.0. The Hall–Kier alpha value is -3.73. The quantitative estimate of drug-likeness (QED) is 0.0981. The number of carbonyl (C=O) groups excluding carboxylic acids is 2. The molecule has 2 heterocycles. The van der Waals surface area contributed by atoms with Crippen molar-refractivity contribution < 1.29 is 39.0 Å². The van der Waals surface area contributed by atoms with Crippen molar-refractivity contribution in [3.8, 4) is 5.75 Å². The van der Waals surface area contributed by atoms with Crippen molar-refractivity contribution in [1.29, 1.82) is 0 Å². The van der Waals surface area contributed by atoms with Crippen molar-refractivity contribution >= 4 is 36.6 Å². The van der Waals surface area contributed by atoms with Crippen LogP contribution in [-0.2, 0) is 23.8 Å². The van der Waals surface area contributed by atoms with Gasteiger partial charge >= 0.3 is 13.1 Å². The van der Waals surface area contributed by atoms with Crippen LogP contribution in [0.1, 0.15) is 56.1 Å². The summed E-state index contributed by atoms with van der Waals surface area (Å²) in [6.45, 7) is 0.591. The van der Waals surface area contributed by atoms with E-state index in [2.05, 4.69) is 6.08 Å². The maximum atomic E-state index is 13.7. The van der Waals surface area contributed by atoms with Crippen molar-refractivity contribution in [2.24, 2.45) is 17.8 Å². The Morgan fingerprint density at radius 3 is 2.48 bits per heavy atom. The SMILES string of the molecule is COCC1=C2[C@@H](CC/C(=C/c3ccc(O)cc3)c3ccccc3)OB(O)C[C@@H]2[C@@H]2C(=O)N(CCCCCC(=O)O)C(=O)[C@@H]2C1. The van der Waals surface area contributed by atoms with E-state index >= 15 is 0 Å². The number of carboxylic acids is 1. The minimum Gasteiger partial charge on any atom is -0.508 e. The number of benzene rings is 2. The highest BCUT2D eigenvalue weighted by Crippen LogP contribution is 2.50. The number of phenols is 1. The molecule has 0 spiro atoms. The first-order valence-electron chi connectivity index (χ1n) is 15.4. The summed E-state index contributed by atoms with van der Waals surface area (Å²) >= 11 is 0. The van der Waals surface area contributed by atoms with E-state index in [-0.39, 0.29) is 42.8 Å². The van der Waals surface area contributed by atoms with Gasteiger partial charge in [-0.2, -0.15) is 0 Å². The van der Waals surface area contributed by atoms with Crippen molar-refractivity contribution in [3.05, 3.63) is 76.9 Å². The number of carboxylic acid groups (broad SMARTS) is 1. The summed E-state index contributed by atoms with van der Waals surface area (Å²) in [5, 5.41) is 29.5. The minimum atomic E-state index is -1.06. The van der Waals surface area contributed by atoms with Crippen LogP contribution in [0.4, 0.5) is 0 Å². The monoisotopic (exact) mass is 601 g/mol. The Balaban J connectivity index is 1.38. The molecule has 2 aromatic rings. The average Bonchev–Trinajstić information content (AvgIpc) is 3.24. The Labute approximate surface area is 258 Å². The number of hydrogen-bond donors (Lipinski definition) is 3. The first-order valence-corrected chi connectivity index (χ1v) is 15.4. The standard InChI is InChI=1S/C34H40BNO8/c1-43-21-25-19-27-32(34(41)36(33(27)40)17-7-3-6-10-30(38)39)28-20-35(42)44-29(31(25)28)16-13-24(23-8-4-2-5-9-23)18-22-11-14-26(37)15-12-22/h2,4-5,8-9,11-12,14-15,18,27-29,32,37,42H,3,6-7,10,13,16-17,19-21H2,1H3,(H,38,39)/b24-18-/t27-,28+,29-,32-/m1/s1. The number of likely N-dealkylation sites (tertiary alicyclic amines) is 1. The highest BCUT2D eigenvalue weighted by Gasteiger charge is 2.57. The van der Waals surface area contributed by atoms with Gasteiger partial charge in [-0.25, -0.2) is 0 Å². The summed E-state index contributed by atoms with van der Waals surface area (Å²) in [4.78, 5) is 39.4. The molecule has 2 saturated heterocycles. The molecule has 1 aliphatic carbocycles. The smallest absolute Gasteiger partial charge is 0.455 e. The van der Waals surface area contributed by atoms with E-state index < -0.39 is 31.0 Å². The number of ether oxygens (including phenoxy) is 1. The molecule has 0 bridgehead atoms. The number of rotatable bonds is 13. The van der Waals surface area contributed by atoms with E-state index in [1.165, 1.54) is 4.90 Å². The molecule has 0 radical (unpaired) electrons. The molecule has 10 heteroatoms. The van der Waals surface area contributed by atoms with Gasteiger partial charge < -0.3 is 24.6 Å². The number of aromatic hydroxyl groups is 1. The largest absolute Gasteiger partial charge is 0.508 e. The molecule has 44 heavy (non-hydrogen) atoms. The maximum Gasteiger partial charge on any atom is 0.455 e. The zero-order valence-electron chi connectivity index (χ0n) is 25.1. The van der Waals surface area contributed by atoms with Gasteiger partial charge in [0.25, 0.3) is 0 Å². The van der Waals surface area contributed by atoms with Crippen molar-refractivity contribution in [3.63, 3.8) is 0 Å². The molecule has 0 unspecified atom stereocenters. The van der Waals surface area contributed by atoms with Crippen molar-refractivity contribution in [2.75, 3.05) is 20.3 Å². The lowest BCUT2D eigenvalue weighted by molar-refractivity contribution is -0.141. The molecule has 0 aromatic heterocycles. The lowest BCUT2D eigenvalue weighted by Crippen LogP contribution is -2.46. The van der Waals surface area contributed by atoms with Gasteiger partial charge in [0, 0.05) is 20.1 Å². The van der Waals surface area contributed by atoms with Gasteiger partial charge in [0.05, 0.1) is 24.5 Å². The Morgan fingerprint density at radius 1 is 1.02 bits per heavy atom. The molecule has 232 valence electrons. The lowest BCUT2D eigenvalue weighted by atomic mass is 9.58. The van der Waals surface area contributed by atoms with Gasteiger partial charge in [0.15, 0.2) is 0 Å². The fourth-order valence-electron chi connectivity index (χ4n) is 7.09. The second-order valence-electron chi connectivity index (χ2n) is 11.9. The second-order valence-corrected chi connectivity index (χ2v) is 11.9. The predicted molar refractivity (Wildman–Crippen MR) is 166 cm³/mol. The minimum absolute atomic E-state index is 0.0677. The van der Waals surface area contributed by atoms with Crippen LogP contribution in [-0.4, -0.2) is 71.4 Å². The van der Waals surface area contributed by atoms with E-state index in [4.69, 9.17) is 14.5 Å². The number of imide groups is 1. The van der Waals surface area contributed by atoms with Crippen LogP contribution in [0, 0.1) is 17.8 Å². The summed E-state index contributed by atoms with van der Waals surface area (Å²) in [5.41, 5.74) is 5.00. The van der Waals surface area contributed by atoms with Crippen molar-refractivity contribution in [1.82, 2.24) is 4.90 Å². The number of phenolic OH excluding ortho intramolecular Hbond substituents is 1. The molecule has 0 saturated carbocycles. The summed E-state index contributed by atoms with van der Waals surface area (Å²) in [6.07, 6.45) is 5.22. The van der Waals surface area contributed by atoms with E-state index in [1.54, 1.807) is 19.2 Å². The number of carbonyl (C=O) groups is 3. The highest BCUT2D eigenvalue weighted by atomic mass is 16.5. The molecular formula is C34H40BNO8. The fraction of sp³-hybridized carbons (Fsp3) is 0.441. The van der Waals surface area contributed by atoms with E-state index in [1.807, 2.05) is 42.5 Å². The molecule has 9 nitrogen and oxygen atoms in total. The number of aliphatic carboxylic acids is 1. The van der Waals surface area contributed by atoms with Gasteiger partial charge in [0.2, 0.25) is 11.8 Å². The second kappa shape index (κ2) is 14.4. The molecule has 2 aliphatic heterocycles. The number of methoxy groups -OCH3 is 1. The normalized spacial score (nSPS) is 23.6. The van der Waals surface area contributed by atoms with Gasteiger partial charge in [0.1, 0.15) is 5.75 Å². The Morgan fingerprint density at radius 2 is 1.77 bits per heavy atom. The zero-order valence-corrected chi connectivity index (χ0v) is 25.1. The highest BCUT2D eigenvalue weighted by molar-refractivity contribution is 6.43.